The molecule has 0 spiro atoms. The Kier molecular flexibility index (Phi) is 2.67. The average molecular weight is 350 g/mol. The number of hydrogen-bond donors (Lipinski definition) is 1. The van der Waals surface area contributed by atoms with Gasteiger partial charge in [0.1, 0.15) is 5.60 Å². The first-order valence-electron chi connectivity index (χ1n) is 6.69. The molecule has 108 valence electrons. The van der Waals surface area contributed by atoms with Crippen LogP contribution in [0.25, 0.3) is 0 Å². The molecule has 2 amide bonds. The second-order valence-electron chi connectivity index (χ2n) is 5.52. The molecule has 0 aliphatic carbocycles. The SMILES string of the molecule is O=C1C2C3C=CC(CO)(O3)C2C(=O)N1c1ccccc1Br. The molecule has 1 aromatic rings. The highest BCUT2D eigenvalue weighted by Crippen LogP contribution is 2.52. The number of anilines is 1. The summed E-state index contributed by atoms with van der Waals surface area (Å²) in [5.41, 5.74) is -0.507. The van der Waals surface area contributed by atoms with E-state index in [0.29, 0.717) is 10.2 Å². The Balaban J connectivity index is 1.81. The Morgan fingerprint density at radius 1 is 1.29 bits per heavy atom. The van der Waals surface area contributed by atoms with Crippen LogP contribution in [0.15, 0.2) is 40.9 Å². The standard InChI is InChI=1S/C15H12BrNO4/c16-8-3-1-2-4-9(8)17-13(19)11-10-5-6-15(7-18,21-10)12(11)14(17)20/h1-6,10-12,18H,7H2. The number of amides is 2. The van der Waals surface area contributed by atoms with Crippen LogP contribution < -0.4 is 4.90 Å². The molecule has 5 nitrogen and oxygen atoms in total. The quantitative estimate of drug-likeness (QED) is 0.644. The highest BCUT2D eigenvalue weighted by Gasteiger charge is 2.67. The van der Waals surface area contributed by atoms with E-state index in [1.54, 1.807) is 30.4 Å². The van der Waals surface area contributed by atoms with Crippen LogP contribution in [0, 0.1) is 11.8 Å². The average Bonchev–Trinajstić information content (AvgIpc) is 3.12. The van der Waals surface area contributed by atoms with Gasteiger partial charge in [-0.1, -0.05) is 24.3 Å². The maximum Gasteiger partial charge on any atom is 0.241 e. The van der Waals surface area contributed by atoms with Crippen molar-refractivity contribution in [2.45, 2.75) is 11.7 Å². The van der Waals surface area contributed by atoms with Crippen molar-refractivity contribution in [3.05, 3.63) is 40.9 Å². The number of nitrogens with zero attached hydrogens (tertiary/aromatic N) is 1. The zero-order chi connectivity index (χ0) is 14.8. The largest absolute Gasteiger partial charge is 0.393 e. The van der Waals surface area contributed by atoms with E-state index < -0.39 is 23.5 Å². The second kappa shape index (κ2) is 4.25. The summed E-state index contributed by atoms with van der Waals surface area (Å²) in [5, 5.41) is 9.64. The van der Waals surface area contributed by atoms with Gasteiger partial charge in [0.25, 0.3) is 0 Å². The Labute approximate surface area is 129 Å². The number of imide groups is 1. The minimum Gasteiger partial charge on any atom is -0.393 e. The summed E-state index contributed by atoms with van der Waals surface area (Å²) in [6.45, 7) is -0.302. The fourth-order valence-electron chi connectivity index (χ4n) is 3.55. The van der Waals surface area contributed by atoms with E-state index in [0.717, 1.165) is 0 Å². The summed E-state index contributed by atoms with van der Waals surface area (Å²) < 4.78 is 6.38. The van der Waals surface area contributed by atoms with Gasteiger partial charge in [-0.05, 0) is 28.1 Å². The molecule has 3 aliphatic rings. The monoisotopic (exact) mass is 349 g/mol. The molecule has 1 N–H and O–H groups in total. The van der Waals surface area contributed by atoms with Crippen molar-refractivity contribution in [2.75, 3.05) is 11.5 Å². The summed E-state index contributed by atoms with van der Waals surface area (Å²) in [7, 11) is 0. The smallest absolute Gasteiger partial charge is 0.241 e. The third kappa shape index (κ3) is 1.52. The van der Waals surface area contributed by atoms with Crippen LogP contribution >= 0.6 is 15.9 Å². The Morgan fingerprint density at radius 3 is 2.76 bits per heavy atom. The van der Waals surface area contributed by atoms with E-state index in [1.165, 1.54) is 4.90 Å². The Hall–Kier alpha value is -1.50. The van der Waals surface area contributed by atoms with E-state index in [4.69, 9.17) is 4.74 Å². The minimum atomic E-state index is -1.04. The van der Waals surface area contributed by atoms with Crippen LogP contribution in [0.3, 0.4) is 0 Å². The van der Waals surface area contributed by atoms with Crippen molar-refractivity contribution in [1.29, 1.82) is 0 Å². The molecule has 4 atom stereocenters. The van der Waals surface area contributed by atoms with Gasteiger partial charge < -0.3 is 9.84 Å². The van der Waals surface area contributed by atoms with Crippen molar-refractivity contribution in [2.24, 2.45) is 11.8 Å². The molecule has 2 saturated heterocycles. The Morgan fingerprint density at radius 2 is 2.05 bits per heavy atom. The molecule has 21 heavy (non-hydrogen) atoms. The van der Waals surface area contributed by atoms with Gasteiger partial charge in [-0.2, -0.15) is 0 Å². The summed E-state index contributed by atoms with van der Waals surface area (Å²) in [6, 6.07) is 7.11. The lowest BCUT2D eigenvalue weighted by molar-refractivity contribution is -0.128. The molecule has 0 aromatic heterocycles. The summed E-state index contributed by atoms with van der Waals surface area (Å²) in [4.78, 5) is 26.7. The molecule has 3 aliphatic heterocycles. The van der Waals surface area contributed by atoms with Gasteiger partial charge in [0.15, 0.2) is 0 Å². The number of rotatable bonds is 2. The number of carbonyl (C=O) groups excluding carboxylic acids is 2. The summed E-state index contributed by atoms with van der Waals surface area (Å²) in [6.07, 6.45) is 3.06. The van der Waals surface area contributed by atoms with E-state index in [1.807, 2.05) is 6.07 Å². The van der Waals surface area contributed by atoms with E-state index in [9.17, 15) is 14.7 Å². The molecule has 0 radical (unpaired) electrons. The van der Waals surface area contributed by atoms with Gasteiger partial charge in [-0.25, -0.2) is 4.90 Å². The van der Waals surface area contributed by atoms with Crippen molar-refractivity contribution in [3.8, 4) is 0 Å². The number of aliphatic hydroxyl groups is 1. The van der Waals surface area contributed by atoms with Crippen LogP contribution in [0.5, 0.6) is 0 Å². The first-order chi connectivity index (χ1) is 10.1. The summed E-state index contributed by atoms with van der Waals surface area (Å²) in [5.74, 6) is -1.75. The topological polar surface area (TPSA) is 66.8 Å². The predicted octanol–water partition coefficient (Wildman–Crippen LogP) is 1.25. The number of ether oxygens (including phenoxy) is 1. The lowest BCUT2D eigenvalue weighted by Crippen LogP contribution is -2.43. The molecule has 2 fully saturated rings. The van der Waals surface area contributed by atoms with E-state index >= 15 is 0 Å². The van der Waals surface area contributed by atoms with E-state index in [2.05, 4.69) is 15.9 Å². The van der Waals surface area contributed by atoms with Crippen molar-refractivity contribution >= 4 is 33.4 Å². The molecule has 4 rings (SSSR count). The van der Waals surface area contributed by atoms with Crippen LogP contribution in [-0.2, 0) is 14.3 Å². The number of para-hydroxylation sites is 1. The normalized spacial score (nSPS) is 36.7. The predicted molar refractivity (Wildman–Crippen MR) is 77.4 cm³/mol. The van der Waals surface area contributed by atoms with Gasteiger partial charge in [0, 0.05) is 4.47 Å². The van der Waals surface area contributed by atoms with Crippen molar-refractivity contribution in [3.63, 3.8) is 0 Å². The minimum absolute atomic E-state index is 0.262. The zero-order valence-electron chi connectivity index (χ0n) is 10.9. The number of hydrogen-bond acceptors (Lipinski definition) is 4. The third-order valence-corrected chi connectivity index (χ3v) is 5.17. The maximum atomic E-state index is 12.8. The number of halogens is 1. The molecular weight excluding hydrogens is 338 g/mol. The molecule has 6 heteroatoms. The van der Waals surface area contributed by atoms with E-state index in [-0.39, 0.29) is 18.4 Å². The number of carbonyl (C=O) groups is 2. The number of aliphatic hydroxyl groups excluding tert-OH is 1. The summed E-state index contributed by atoms with van der Waals surface area (Å²) >= 11 is 3.38. The van der Waals surface area contributed by atoms with Crippen LogP contribution in [0.1, 0.15) is 0 Å². The Bertz CT molecular complexity index is 688. The molecule has 4 unspecified atom stereocenters. The highest BCUT2D eigenvalue weighted by atomic mass is 79.9. The lowest BCUT2D eigenvalue weighted by Gasteiger charge is -2.26. The van der Waals surface area contributed by atoms with Crippen molar-refractivity contribution in [1.82, 2.24) is 0 Å². The van der Waals surface area contributed by atoms with Crippen LogP contribution in [0.2, 0.25) is 0 Å². The first-order valence-corrected chi connectivity index (χ1v) is 7.49. The first kappa shape index (κ1) is 13.2. The van der Waals surface area contributed by atoms with Gasteiger partial charge >= 0.3 is 0 Å². The zero-order valence-corrected chi connectivity index (χ0v) is 12.5. The number of benzene rings is 1. The highest BCUT2D eigenvalue weighted by molar-refractivity contribution is 9.10. The van der Waals surface area contributed by atoms with Gasteiger partial charge in [0.05, 0.1) is 30.2 Å². The van der Waals surface area contributed by atoms with Gasteiger partial charge in [-0.3, -0.25) is 9.59 Å². The fraction of sp³-hybridized carbons (Fsp3) is 0.333. The lowest BCUT2D eigenvalue weighted by atomic mass is 9.77. The van der Waals surface area contributed by atoms with Gasteiger partial charge in [-0.15, -0.1) is 0 Å². The fourth-order valence-corrected chi connectivity index (χ4v) is 4.02. The van der Waals surface area contributed by atoms with Crippen LogP contribution in [-0.4, -0.2) is 35.2 Å². The molecule has 0 saturated carbocycles. The molecule has 1 aromatic carbocycles. The number of fused-ring (bicyclic) bond motifs is 5. The molecule has 3 heterocycles. The van der Waals surface area contributed by atoms with Crippen molar-refractivity contribution < 1.29 is 19.4 Å². The molecule has 2 bridgehead atoms. The third-order valence-electron chi connectivity index (χ3n) is 4.50. The van der Waals surface area contributed by atoms with Crippen LogP contribution in [0.4, 0.5) is 5.69 Å². The second-order valence-corrected chi connectivity index (χ2v) is 6.38. The maximum absolute atomic E-state index is 12.8. The van der Waals surface area contributed by atoms with Gasteiger partial charge in [0.2, 0.25) is 11.8 Å². The molecular formula is C15H12BrNO4.